The first-order valence-corrected chi connectivity index (χ1v) is 9.57. The molecule has 0 fully saturated rings. The number of nitrogens with one attached hydrogen (secondary N) is 1. The lowest BCUT2D eigenvalue weighted by Gasteiger charge is -2.10. The highest BCUT2D eigenvalue weighted by atomic mass is 32.1. The number of rotatable bonds is 7. The highest BCUT2D eigenvalue weighted by Crippen LogP contribution is 2.35. The van der Waals surface area contributed by atoms with Crippen LogP contribution in [0.3, 0.4) is 0 Å². The molecule has 0 bridgehead atoms. The Morgan fingerprint density at radius 2 is 1.96 bits per heavy atom. The zero-order valence-electron chi connectivity index (χ0n) is 15.6. The minimum absolute atomic E-state index is 0.0608. The predicted molar refractivity (Wildman–Crippen MR) is 109 cm³/mol. The normalized spacial score (nSPS) is 10.6. The number of hydrogen-bond donors (Lipinski definition) is 2. The maximum absolute atomic E-state index is 11.3. The van der Waals surface area contributed by atoms with E-state index in [0.717, 1.165) is 27.4 Å². The Labute approximate surface area is 162 Å². The smallest absolute Gasteiger partial charge is 0.308 e. The van der Waals surface area contributed by atoms with E-state index in [1.165, 1.54) is 16.9 Å². The molecule has 1 aromatic heterocycles. The van der Waals surface area contributed by atoms with E-state index in [9.17, 15) is 9.90 Å². The van der Waals surface area contributed by atoms with E-state index in [1.54, 1.807) is 0 Å². The topological polar surface area (TPSA) is 71.5 Å². The Kier molecular flexibility index (Phi) is 5.76. The van der Waals surface area contributed by atoms with E-state index in [0.29, 0.717) is 17.4 Å². The Morgan fingerprint density at radius 1 is 1.19 bits per heavy atom. The molecule has 0 spiro atoms. The van der Waals surface area contributed by atoms with Crippen LogP contribution in [0, 0.1) is 13.8 Å². The third-order valence-electron chi connectivity index (χ3n) is 4.22. The van der Waals surface area contributed by atoms with Crippen LogP contribution in [-0.2, 0) is 11.2 Å². The third-order valence-corrected chi connectivity index (χ3v) is 5.19. The van der Waals surface area contributed by atoms with Crippen molar-refractivity contribution in [3.8, 4) is 17.0 Å². The molecule has 1 heterocycles. The van der Waals surface area contributed by atoms with E-state index in [-0.39, 0.29) is 6.42 Å². The van der Waals surface area contributed by atoms with Gasteiger partial charge in [0.15, 0.2) is 5.13 Å². The molecule has 0 unspecified atom stereocenters. The zero-order valence-corrected chi connectivity index (χ0v) is 16.4. The number of para-hydroxylation sites is 2. The molecule has 3 aromatic rings. The number of thiazole rings is 1. The molecule has 5 nitrogen and oxygen atoms in total. The van der Waals surface area contributed by atoms with Crippen LogP contribution in [0.25, 0.3) is 11.3 Å². The van der Waals surface area contributed by atoms with Gasteiger partial charge in [-0.2, -0.15) is 0 Å². The average molecular weight is 382 g/mol. The van der Waals surface area contributed by atoms with Crippen LogP contribution in [0.4, 0.5) is 10.8 Å². The minimum atomic E-state index is -0.870. The van der Waals surface area contributed by atoms with E-state index in [2.05, 4.69) is 17.2 Å². The maximum atomic E-state index is 11.3. The number of carbonyl (C=O) groups is 1. The lowest BCUT2D eigenvalue weighted by Crippen LogP contribution is -1.99. The van der Waals surface area contributed by atoms with Gasteiger partial charge in [-0.25, -0.2) is 4.98 Å². The van der Waals surface area contributed by atoms with Crippen LogP contribution in [0.5, 0.6) is 5.75 Å². The molecule has 0 atom stereocenters. The second-order valence-electron chi connectivity index (χ2n) is 6.21. The second kappa shape index (κ2) is 8.22. The molecular weight excluding hydrogens is 360 g/mol. The summed E-state index contributed by atoms with van der Waals surface area (Å²) < 4.78 is 5.64. The van der Waals surface area contributed by atoms with Crippen LogP contribution >= 0.6 is 11.3 Å². The van der Waals surface area contributed by atoms with Gasteiger partial charge in [0.05, 0.1) is 24.4 Å². The molecule has 2 N–H and O–H groups in total. The van der Waals surface area contributed by atoms with Crippen LogP contribution < -0.4 is 10.1 Å². The Bertz CT molecular complexity index is 966. The largest absolute Gasteiger partial charge is 0.492 e. The van der Waals surface area contributed by atoms with Gasteiger partial charge in [0, 0.05) is 10.4 Å². The van der Waals surface area contributed by atoms with Gasteiger partial charge in [0.25, 0.3) is 0 Å². The number of nitrogens with zero attached hydrogens (tertiary/aromatic N) is 1. The van der Waals surface area contributed by atoms with Crippen molar-refractivity contribution in [1.82, 2.24) is 4.98 Å². The van der Waals surface area contributed by atoms with E-state index in [4.69, 9.17) is 4.74 Å². The van der Waals surface area contributed by atoms with E-state index < -0.39 is 5.97 Å². The number of benzene rings is 2. The number of ether oxygens (including phenoxy) is 1. The number of anilines is 2. The fraction of sp³-hybridized carbons (Fsp3) is 0.238. The highest BCUT2D eigenvalue weighted by Gasteiger charge is 2.17. The fourth-order valence-corrected chi connectivity index (χ4v) is 3.73. The molecule has 0 saturated carbocycles. The van der Waals surface area contributed by atoms with Crippen LogP contribution in [0.1, 0.15) is 22.9 Å². The highest BCUT2D eigenvalue weighted by molar-refractivity contribution is 7.16. The van der Waals surface area contributed by atoms with Crippen molar-refractivity contribution in [2.24, 2.45) is 0 Å². The molecule has 0 saturated heterocycles. The maximum Gasteiger partial charge on any atom is 0.308 e. The number of carboxylic acid groups (broad SMARTS) is 1. The molecule has 140 valence electrons. The molecule has 0 aliphatic rings. The minimum Gasteiger partial charge on any atom is -0.492 e. The summed E-state index contributed by atoms with van der Waals surface area (Å²) in [6.07, 6.45) is -0.0608. The Morgan fingerprint density at radius 3 is 2.67 bits per heavy atom. The lowest BCUT2D eigenvalue weighted by atomic mass is 10.0. The Hall–Kier alpha value is -2.86. The zero-order chi connectivity index (χ0) is 19.4. The summed E-state index contributed by atoms with van der Waals surface area (Å²) in [6.45, 7) is 6.59. The second-order valence-corrected chi connectivity index (χ2v) is 7.30. The van der Waals surface area contributed by atoms with E-state index in [1.807, 2.05) is 56.3 Å². The van der Waals surface area contributed by atoms with Crippen molar-refractivity contribution in [3.63, 3.8) is 0 Å². The summed E-state index contributed by atoms with van der Waals surface area (Å²) >= 11 is 1.36. The first kappa shape index (κ1) is 18.9. The summed E-state index contributed by atoms with van der Waals surface area (Å²) in [4.78, 5) is 16.7. The average Bonchev–Trinajstić information content (AvgIpc) is 3.01. The summed E-state index contributed by atoms with van der Waals surface area (Å²) in [5.41, 5.74) is 4.79. The number of hydrogen-bond acceptors (Lipinski definition) is 5. The first-order valence-electron chi connectivity index (χ1n) is 8.76. The van der Waals surface area contributed by atoms with Crippen molar-refractivity contribution in [2.75, 3.05) is 11.9 Å². The van der Waals surface area contributed by atoms with Gasteiger partial charge in [0.1, 0.15) is 5.75 Å². The van der Waals surface area contributed by atoms with Crippen molar-refractivity contribution in [2.45, 2.75) is 27.2 Å². The fourth-order valence-electron chi connectivity index (χ4n) is 2.74. The lowest BCUT2D eigenvalue weighted by molar-refractivity contribution is -0.136. The van der Waals surface area contributed by atoms with Crippen LogP contribution in [0.15, 0.2) is 42.5 Å². The molecule has 0 aliphatic heterocycles. The number of aryl methyl sites for hydroxylation is 2. The third kappa shape index (κ3) is 4.46. The molecule has 2 aromatic carbocycles. The summed E-state index contributed by atoms with van der Waals surface area (Å²) in [6, 6.07) is 13.7. The molecule has 0 aliphatic carbocycles. The van der Waals surface area contributed by atoms with Gasteiger partial charge in [-0.15, -0.1) is 11.3 Å². The molecule has 6 heteroatoms. The van der Waals surface area contributed by atoms with E-state index >= 15 is 0 Å². The SMILES string of the molecule is CCOc1ccccc1Nc1nc(-c2ccc(C)c(C)c2)c(CC(=O)O)s1. The van der Waals surface area contributed by atoms with Gasteiger partial charge in [-0.3, -0.25) is 4.79 Å². The van der Waals surface area contributed by atoms with Gasteiger partial charge in [-0.1, -0.05) is 24.3 Å². The van der Waals surface area contributed by atoms with Gasteiger partial charge in [-0.05, 0) is 50.1 Å². The molecule has 27 heavy (non-hydrogen) atoms. The number of aromatic nitrogens is 1. The summed E-state index contributed by atoms with van der Waals surface area (Å²) in [5, 5.41) is 13.2. The quantitative estimate of drug-likeness (QED) is 0.588. The summed E-state index contributed by atoms with van der Waals surface area (Å²) in [7, 11) is 0. The Balaban J connectivity index is 1.99. The van der Waals surface area contributed by atoms with Crippen molar-refractivity contribution in [3.05, 3.63) is 58.5 Å². The number of carboxylic acids is 1. The molecule has 3 rings (SSSR count). The molecule has 0 amide bonds. The summed E-state index contributed by atoms with van der Waals surface area (Å²) in [5.74, 6) is -0.132. The van der Waals surface area contributed by atoms with Gasteiger partial charge < -0.3 is 15.2 Å². The van der Waals surface area contributed by atoms with Crippen LogP contribution in [0.2, 0.25) is 0 Å². The molecular formula is C21H22N2O3S. The predicted octanol–water partition coefficient (Wildman–Crippen LogP) is 5.20. The standard InChI is InChI=1S/C21H22N2O3S/c1-4-26-17-8-6-5-7-16(17)22-21-23-20(18(27-21)12-19(24)25)15-10-9-13(2)14(3)11-15/h5-11H,4,12H2,1-3H3,(H,22,23)(H,24,25). The van der Waals surface area contributed by atoms with Crippen molar-refractivity contribution < 1.29 is 14.6 Å². The van der Waals surface area contributed by atoms with Gasteiger partial charge in [0.2, 0.25) is 0 Å². The number of aliphatic carboxylic acids is 1. The van der Waals surface area contributed by atoms with Crippen LogP contribution in [-0.4, -0.2) is 22.7 Å². The van der Waals surface area contributed by atoms with Gasteiger partial charge >= 0.3 is 5.97 Å². The molecule has 0 radical (unpaired) electrons. The van der Waals surface area contributed by atoms with Crippen molar-refractivity contribution in [1.29, 1.82) is 0 Å². The monoisotopic (exact) mass is 382 g/mol. The first-order chi connectivity index (χ1) is 13.0. The van der Waals surface area contributed by atoms with Crippen molar-refractivity contribution >= 4 is 28.1 Å².